The standard InChI is InChI=1S/C21H29N3O2/c25-19(9-8-18-7-1-2-12-22-18)24-14-11-21(16-24)10-4-13-23(20(21)26)15-17-5-3-6-17/h1-2,7,12,17H,3-6,8-11,13-16H2/t21-/m1/s1. The highest BCUT2D eigenvalue weighted by Gasteiger charge is 2.49. The molecule has 1 aliphatic carbocycles. The fourth-order valence-electron chi connectivity index (χ4n) is 4.72. The fraction of sp³-hybridized carbons (Fsp3) is 0.667. The predicted octanol–water partition coefficient (Wildman–Crippen LogP) is 2.66. The second-order valence-electron chi connectivity index (χ2n) is 8.32. The van der Waals surface area contributed by atoms with Crippen molar-refractivity contribution in [1.82, 2.24) is 14.8 Å². The molecule has 140 valence electrons. The minimum absolute atomic E-state index is 0.163. The van der Waals surface area contributed by atoms with Crippen molar-refractivity contribution in [3.05, 3.63) is 30.1 Å². The van der Waals surface area contributed by atoms with Crippen molar-refractivity contribution in [2.45, 2.75) is 51.4 Å². The Hall–Kier alpha value is -1.91. The molecule has 3 heterocycles. The van der Waals surface area contributed by atoms with Crippen molar-refractivity contribution in [3.63, 3.8) is 0 Å². The van der Waals surface area contributed by atoms with Crippen molar-refractivity contribution in [2.24, 2.45) is 11.3 Å². The van der Waals surface area contributed by atoms with E-state index < -0.39 is 0 Å². The molecule has 0 bridgehead atoms. The third kappa shape index (κ3) is 3.49. The molecule has 2 amide bonds. The van der Waals surface area contributed by atoms with Gasteiger partial charge in [0.05, 0.1) is 5.41 Å². The Morgan fingerprint density at radius 3 is 2.81 bits per heavy atom. The predicted molar refractivity (Wildman–Crippen MR) is 99.3 cm³/mol. The van der Waals surface area contributed by atoms with Crippen molar-refractivity contribution in [2.75, 3.05) is 26.2 Å². The maximum Gasteiger partial charge on any atom is 0.230 e. The molecule has 3 aliphatic rings. The van der Waals surface area contributed by atoms with Crippen molar-refractivity contribution >= 4 is 11.8 Å². The first-order chi connectivity index (χ1) is 12.7. The van der Waals surface area contributed by atoms with Gasteiger partial charge in [0.25, 0.3) is 0 Å². The number of piperidine rings is 1. The van der Waals surface area contributed by atoms with Gasteiger partial charge in [-0.3, -0.25) is 14.6 Å². The molecule has 26 heavy (non-hydrogen) atoms. The molecule has 1 aromatic heterocycles. The smallest absolute Gasteiger partial charge is 0.230 e. The summed E-state index contributed by atoms with van der Waals surface area (Å²) in [4.78, 5) is 34.1. The van der Waals surface area contributed by atoms with Gasteiger partial charge in [0.15, 0.2) is 0 Å². The first-order valence-electron chi connectivity index (χ1n) is 10.1. The Balaban J connectivity index is 1.34. The van der Waals surface area contributed by atoms with Crippen LogP contribution in [0.5, 0.6) is 0 Å². The lowest BCUT2D eigenvalue weighted by molar-refractivity contribution is -0.147. The van der Waals surface area contributed by atoms with Gasteiger partial charge >= 0.3 is 0 Å². The molecule has 3 fully saturated rings. The van der Waals surface area contributed by atoms with Gasteiger partial charge < -0.3 is 9.80 Å². The number of carbonyl (C=O) groups excluding carboxylic acids is 2. The highest BCUT2D eigenvalue weighted by molar-refractivity contribution is 5.86. The first-order valence-corrected chi connectivity index (χ1v) is 10.1. The highest BCUT2D eigenvalue weighted by Crippen LogP contribution is 2.41. The number of hydrogen-bond acceptors (Lipinski definition) is 3. The average molecular weight is 355 g/mol. The summed E-state index contributed by atoms with van der Waals surface area (Å²) in [7, 11) is 0. The molecule has 1 saturated carbocycles. The zero-order valence-corrected chi connectivity index (χ0v) is 15.5. The topological polar surface area (TPSA) is 53.5 Å². The van der Waals surface area contributed by atoms with E-state index in [1.165, 1.54) is 19.3 Å². The van der Waals surface area contributed by atoms with E-state index >= 15 is 0 Å². The summed E-state index contributed by atoms with van der Waals surface area (Å²) in [5, 5.41) is 0. The van der Waals surface area contributed by atoms with Crippen molar-refractivity contribution in [3.8, 4) is 0 Å². The normalized spacial score (nSPS) is 26.4. The quantitative estimate of drug-likeness (QED) is 0.816. The van der Waals surface area contributed by atoms with Gasteiger partial charge in [0, 0.05) is 44.5 Å². The maximum atomic E-state index is 13.2. The maximum absolute atomic E-state index is 13.2. The van der Waals surface area contributed by atoms with Crippen LogP contribution in [0.15, 0.2) is 24.4 Å². The first kappa shape index (κ1) is 17.5. The van der Waals surface area contributed by atoms with E-state index in [2.05, 4.69) is 9.88 Å². The molecule has 1 aromatic rings. The van der Waals surface area contributed by atoms with Gasteiger partial charge in [-0.2, -0.15) is 0 Å². The molecule has 1 atom stereocenters. The average Bonchev–Trinajstić information content (AvgIpc) is 3.06. The molecule has 4 rings (SSSR count). The minimum Gasteiger partial charge on any atom is -0.342 e. The van der Waals surface area contributed by atoms with Crippen LogP contribution < -0.4 is 0 Å². The van der Waals surface area contributed by atoms with Crippen LogP contribution in [0.2, 0.25) is 0 Å². The van der Waals surface area contributed by atoms with E-state index in [1.807, 2.05) is 23.1 Å². The molecule has 0 aromatic carbocycles. The summed E-state index contributed by atoms with van der Waals surface area (Å²) >= 11 is 0. The molecule has 2 saturated heterocycles. The number of nitrogens with zero attached hydrogens (tertiary/aromatic N) is 3. The van der Waals surface area contributed by atoms with E-state index in [-0.39, 0.29) is 11.3 Å². The third-order valence-electron chi connectivity index (χ3n) is 6.56. The molecule has 5 heteroatoms. The summed E-state index contributed by atoms with van der Waals surface area (Å²) in [6.07, 6.45) is 9.63. The second-order valence-corrected chi connectivity index (χ2v) is 8.32. The van der Waals surface area contributed by atoms with E-state index in [9.17, 15) is 9.59 Å². The number of aromatic nitrogens is 1. The van der Waals surface area contributed by atoms with Gasteiger partial charge in [-0.05, 0) is 56.6 Å². The lowest BCUT2D eigenvalue weighted by atomic mass is 9.77. The molecule has 0 N–H and O–H groups in total. The number of likely N-dealkylation sites (tertiary alicyclic amines) is 2. The molecule has 1 spiro atoms. The summed E-state index contributed by atoms with van der Waals surface area (Å²) in [5.74, 6) is 1.19. The number of amides is 2. The van der Waals surface area contributed by atoms with Crippen LogP contribution in [0.3, 0.4) is 0 Å². The summed E-state index contributed by atoms with van der Waals surface area (Å²) in [6, 6.07) is 5.80. The number of aryl methyl sites for hydroxylation is 1. The largest absolute Gasteiger partial charge is 0.342 e. The van der Waals surface area contributed by atoms with Crippen LogP contribution in [0, 0.1) is 11.3 Å². The Labute approximate surface area is 155 Å². The molecular formula is C21H29N3O2. The Morgan fingerprint density at radius 2 is 2.08 bits per heavy atom. The van der Waals surface area contributed by atoms with E-state index in [0.29, 0.717) is 31.2 Å². The van der Waals surface area contributed by atoms with Crippen LogP contribution in [-0.4, -0.2) is 52.8 Å². The second kappa shape index (κ2) is 7.37. The monoisotopic (exact) mass is 355 g/mol. The number of rotatable bonds is 5. The molecule has 2 aliphatic heterocycles. The summed E-state index contributed by atoms with van der Waals surface area (Å²) < 4.78 is 0. The fourth-order valence-corrected chi connectivity index (χ4v) is 4.72. The van der Waals surface area contributed by atoms with Gasteiger partial charge in [-0.15, -0.1) is 0 Å². The Morgan fingerprint density at radius 1 is 1.19 bits per heavy atom. The van der Waals surface area contributed by atoms with Crippen molar-refractivity contribution < 1.29 is 9.59 Å². The summed E-state index contributed by atoms with van der Waals surface area (Å²) in [6.45, 7) is 3.19. The van der Waals surface area contributed by atoms with Gasteiger partial charge in [-0.1, -0.05) is 12.5 Å². The molecule has 5 nitrogen and oxygen atoms in total. The Kier molecular flexibility index (Phi) is 4.96. The van der Waals surface area contributed by atoms with E-state index in [1.54, 1.807) is 6.20 Å². The lowest BCUT2D eigenvalue weighted by Crippen LogP contribution is -2.52. The Bertz CT molecular complexity index is 658. The van der Waals surface area contributed by atoms with Gasteiger partial charge in [-0.25, -0.2) is 0 Å². The van der Waals surface area contributed by atoms with Crippen molar-refractivity contribution in [1.29, 1.82) is 0 Å². The third-order valence-corrected chi connectivity index (χ3v) is 6.56. The molecule has 0 radical (unpaired) electrons. The highest BCUT2D eigenvalue weighted by atomic mass is 16.2. The van der Waals surface area contributed by atoms with Crippen LogP contribution in [0.25, 0.3) is 0 Å². The van der Waals surface area contributed by atoms with Crippen LogP contribution in [0.1, 0.15) is 50.6 Å². The molecule has 0 unspecified atom stereocenters. The number of carbonyl (C=O) groups is 2. The zero-order chi connectivity index (χ0) is 18.0. The van der Waals surface area contributed by atoms with Gasteiger partial charge in [0.1, 0.15) is 0 Å². The van der Waals surface area contributed by atoms with E-state index in [0.717, 1.165) is 44.6 Å². The van der Waals surface area contributed by atoms with Crippen LogP contribution >= 0.6 is 0 Å². The molecular weight excluding hydrogens is 326 g/mol. The summed E-state index contributed by atoms with van der Waals surface area (Å²) in [5.41, 5.74) is 0.651. The SMILES string of the molecule is O=C(CCc1ccccn1)N1CC[C@]2(CCCN(CC3CCC3)C2=O)C1. The minimum atomic E-state index is -0.303. The van der Waals surface area contributed by atoms with Crippen LogP contribution in [0.4, 0.5) is 0 Å². The van der Waals surface area contributed by atoms with E-state index in [4.69, 9.17) is 0 Å². The van der Waals surface area contributed by atoms with Gasteiger partial charge in [0.2, 0.25) is 11.8 Å². The zero-order valence-electron chi connectivity index (χ0n) is 15.5. The van der Waals surface area contributed by atoms with Crippen LogP contribution in [-0.2, 0) is 16.0 Å². The number of hydrogen-bond donors (Lipinski definition) is 0. The lowest BCUT2D eigenvalue weighted by Gasteiger charge is -2.42. The number of pyridine rings is 1.